The Morgan fingerprint density at radius 1 is 1.10 bits per heavy atom. The van der Waals surface area contributed by atoms with Gasteiger partial charge in [-0.05, 0) is 42.7 Å². The van der Waals surface area contributed by atoms with Crippen molar-refractivity contribution in [2.45, 2.75) is 44.4 Å². The van der Waals surface area contributed by atoms with E-state index in [0.29, 0.717) is 17.5 Å². The van der Waals surface area contributed by atoms with Gasteiger partial charge in [0.1, 0.15) is 6.54 Å². The Balaban J connectivity index is 2.27. The van der Waals surface area contributed by atoms with Crippen molar-refractivity contribution in [2.24, 2.45) is 5.92 Å². The highest BCUT2D eigenvalue weighted by molar-refractivity contribution is 7.92. The van der Waals surface area contributed by atoms with Crippen LogP contribution in [0.15, 0.2) is 53.4 Å². The van der Waals surface area contributed by atoms with Crippen molar-refractivity contribution < 1.29 is 13.2 Å². The molecule has 8 heteroatoms. The lowest BCUT2D eigenvalue weighted by Gasteiger charge is -2.25. The third kappa shape index (κ3) is 6.62. The smallest absolute Gasteiger partial charge is 0.264 e. The molecule has 0 bridgehead atoms. The van der Waals surface area contributed by atoms with Crippen LogP contribution in [-0.4, -0.2) is 27.4 Å². The highest BCUT2D eigenvalue weighted by Gasteiger charge is 2.28. The number of rotatable bonds is 11. The molecular weight excluding hydrogens is 443 g/mol. The number of nitrogens with one attached hydrogen (secondary N) is 1. The number of hydrogen-bond acceptors (Lipinski definition) is 3. The second-order valence-electron chi connectivity index (χ2n) is 7.14. The first kappa shape index (κ1) is 24.5. The van der Waals surface area contributed by atoms with Gasteiger partial charge in [0.15, 0.2) is 0 Å². The summed E-state index contributed by atoms with van der Waals surface area (Å²) < 4.78 is 27.6. The zero-order valence-corrected chi connectivity index (χ0v) is 19.6. The molecule has 0 heterocycles. The van der Waals surface area contributed by atoms with E-state index in [-0.39, 0.29) is 28.1 Å². The number of anilines is 1. The van der Waals surface area contributed by atoms with E-state index >= 15 is 0 Å². The maximum atomic E-state index is 13.3. The number of carbonyl (C=O) groups is 1. The molecule has 0 aliphatic heterocycles. The summed E-state index contributed by atoms with van der Waals surface area (Å²) in [6.45, 7) is 4.37. The van der Waals surface area contributed by atoms with Crippen LogP contribution in [0, 0.1) is 5.92 Å². The second kappa shape index (κ2) is 11.6. The molecule has 0 saturated carbocycles. The van der Waals surface area contributed by atoms with Gasteiger partial charge >= 0.3 is 0 Å². The number of nitrogens with zero attached hydrogens (tertiary/aromatic N) is 1. The van der Waals surface area contributed by atoms with Gasteiger partial charge in [0.2, 0.25) is 5.91 Å². The molecule has 1 atom stereocenters. The number of unbranched alkanes of at least 4 members (excludes halogenated alkanes) is 1. The molecule has 0 aliphatic carbocycles. The highest BCUT2D eigenvalue weighted by atomic mass is 35.5. The number of halogens is 2. The van der Waals surface area contributed by atoms with Gasteiger partial charge in [-0.25, -0.2) is 8.42 Å². The first-order valence-corrected chi connectivity index (χ1v) is 12.3. The summed E-state index contributed by atoms with van der Waals surface area (Å²) >= 11 is 12.3. The fourth-order valence-corrected chi connectivity index (χ4v) is 5.11. The Labute approximate surface area is 189 Å². The summed E-state index contributed by atoms with van der Waals surface area (Å²) in [5.41, 5.74) is 0.207. The van der Waals surface area contributed by atoms with Gasteiger partial charge in [-0.1, -0.05) is 74.5 Å². The lowest BCUT2D eigenvalue weighted by molar-refractivity contribution is -0.119. The molecule has 30 heavy (non-hydrogen) atoms. The Kier molecular flexibility index (Phi) is 9.46. The zero-order valence-electron chi connectivity index (χ0n) is 17.3. The normalized spacial score (nSPS) is 12.4. The van der Waals surface area contributed by atoms with E-state index in [1.54, 1.807) is 24.3 Å². The number of sulfonamides is 1. The molecule has 164 valence electrons. The summed E-state index contributed by atoms with van der Waals surface area (Å²) in [5, 5.41) is 3.42. The average Bonchev–Trinajstić information content (AvgIpc) is 2.73. The molecule has 0 aliphatic rings. The van der Waals surface area contributed by atoms with Crippen LogP contribution < -0.4 is 9.62 Å². The predicted molar refractivity (Wildman–Crippen MR) is 124 cm³/mol. The van der Waals surface area contributed by atoms with Crippen molar-refractivity contribution in [3.8, 4) is 0 Å². The summed E-state index contributed by atoms with van der Waals surface area (Å²) in [5.74, 6) is -0.0114. The van der Waals surface area contributed by atoms with E-state index in [1.807, 2.05) is 0 Å². The van der Waals surface area contributed by atoms with Crippen LogP contribution in [0.1, 0.15) is 39.5 Å². The third-order valence-corrected chi connectivity index (χ3v) is 7.24. The fourth-order valence-electron chi connectivity index (χ4n) is 3.09. The first-order chi connectivity index (χ1) is 14.3. The first-order valence-electron chi connectivity index (χ1n) is 10.1. The van der Waals surface area contributed by atoms with Crippen LogP contribution in [-0.2, 0) is 14.8 Å². The lowest BCUT2D eigenvalue weighted by atomic mass is 9.99. The molecule has 2 aromatic carbocycles. The largest absolute Gasteiger partial charge is 0.354 e. The Morgan fingerprint density at radius 2 is 1.80 bits per heavy atom. The van der Waals surface area contributed by atoms with Crippen LogP contribution in [0.5, 0.6) is 0 Å². The maximum Gasteiger partial charge on any atom is 0.264 e. The van der Waals surface area contributed by atoms with Crippen molar-refractivity contribution in [1.82, 2.24) is 5.32 Å². The molecule has 0 spiro atoms. The Morgan fingerprint density at radius 3 is 2.40 bits per heavy atom. The third-order valence-electron chi connectivity index (χ3n) is 4.93. The van der Waals surface area contributed by atoms with Gasteiger partial charge in [0.25, 0.3) is 10.0 Å². The van der Waals surface area contributed by atoms with Gasteiger partial charge in [0, 0.05) is 11.6 Å². The van der Waals surface area contributed by atoms with E-state index in [1.165, 1.54) is 24.3 Å². The highest BCUT2D eigenvalue weighted by Crippen LogP contribution is 2.32. The van der Waals surface area contributed by atoms with Crippen LogP contribution in [0.4, 0.5) is 5.69 Å². The summed E-state index contributed by atoms with van der Waals surface area (Å²) in [6.07, 6.45) is 4.18. The van der Waals surface area contributed by atoms with E-state index in [4.69, 9.17) is 23.2 Å². The van der Waals surface area contributed by atoms with Crippen LogP contribution >= 0.6 is 23.2 Å². The molecule has 1 unspecified atom stereocenters. The molecule has 0 saturated heterocycles. The molecule has 5 nitrogen and oxygen atoms in total. The Hall–Kier alpha value is -1.76. The Bertz CT molecular complexity index is 937. The summed E-state index contributed by atoms with van der Waals surface area (Å²) in [6, 6.07) is 12.5. The lowest BCUT2D eigenvalue weighted by Crippen LogP contribution is -2.42. The van der Waals surface area contributed by atoms with Crippen LogP contribution in [0.3, 0.4) is 0 Å². The van der Waals surface area contributed by atoms with Gasteiger partial charge in [-0.2, -0.15) is 0 Å². The van der Waals surface area contributed by atoms with Crippen molar-refractivity contribution in [2.75, 3.05) is 17.4 Å². The van der Waals surface area contributed by atoms with Gasteiger partial charge in [-0.3, -0.25) is 9.10 Å². The number of benzene rings is 2. The SMILES string of the molecule is CCCCC(CC)CNC(=O)CN(c1ccc(Cl)cc1Cl)S(=O)(=O)c1ccccc1. The molecule has 2 aromatic rings. The molecule has 1 N–H and O–H groups in total. The summed E-state index contributed by atoms with van der Waals surface area (Å²) in [7, 11) is -4.00. The minimum absolute atomic E-state index is 0.0817. The number of carbonyl (C=O) groups excluding carboxylic acids is 1. The quantitative estimate of drug-likeness (QED) is 0.469. The van der Waals surface area contributed by atoms with E-state index in [9.17, 15) is 13.2 Å². The van der Waals surface area contributed by atoms with Crippen LogP contribution in [0.25, 0.3) is 0 Å². The predicted octanol–water partition coefficient (Wildman–Crippen LogP) is 5.52. The number of hydrogen-bond donors (Lipinski definition) is 1. The van der Waals surface area contributed by atoms with Crippen LogP contribution in [0.2, 0.25) is 10.0 Å². The molecule has 0 radical (unpaired) electrons. The fraction of sp³-hybridized carbons (Fsp3) is 0.409. The van der Waals surface area contributed by atoms with Gasteiger partial charge in [-0.15, -0.1) is 0 Å². The zero-order chi connectivity index (χ0) is 22.1. The molecule has 0 aromatic heterocycles. The minimum atomic E-state index is -4.00. The van der Waals surface area contributed by atoms with Crippen molar-refractivity contribution >= 4 is 44.8 Å². The molecular formula is C22H28Cl2N2O3S. The molecule has 2 rings (SSSR count). The molecule has 1 amide bonds. The monoisotopic (exact) mass is 470 g/mol. The van der Waals surface area contributed by atoms with E-state index in [2.05, 4.69) is 19.2 Å². The van der Waals surface area contributed by atoms with Crippen molar-refractivity contribution in [3.63, 3.8) is 0 Å². The maximum absolute atomic E-state index is 13.3. The topological polar surface area (TPSA) is 66.5 Å². The van der Waals surface area contributed by atoms with Crippen molar-refractivity contribution in [1.29, 1.82) is 0 Å². The standard InChI is InChI=1S/C22H28Cl2N2O3S/c1-3-5-9-17(4-2)15-25-22(27)16-26(21-13-12-18(23)14-20(21)24)30(28,29)19-10-7-6-8-11-19/h6-8,10-14,17H,3-5,9,15-16H2,1-2H3,(H,25,27). The van der Waals surface area contributed by atoms with Gasteiger partial charge in [0.05, 0.1) is 15.6 Å². The minimum Gasteiger partial charge on any atom is -0.354 e. The second-order valence-corrected chi connectivity index (χ2v) is 9.85. The molecule has 0 fully saturated rings. The van der Waals surface area contributed by atoms with Crippen molar-refractivity contribution in [3.05, 3.63) is 58.6 Å². The van der Waals surface area contributed by atoms with E-state index < -0.39 is 10.0 Å². The summed E-state index contributed by atoms with van der Waals surface area (Å²) in [4.78, 5) is 12.8. The number of amides is 1. The van der Waals surface area contributed by atoms with E-state index in [0.717, 1.165) is 30.0 Å². The van der Waals surface area contributed by atoms with Gasteiger partial charge < -0.3 is 5.32 Å². The average molecular weight is 471 g/mol.